The van der Waals surface area contributed by atoms with Gasteiger partial charge in [0, 0.05) is 6.04 Å². The summed E-state index contributed by atoms with van der Waals surface area (Å²) < 4.78 is 5.49. The summed E-state index contributed by atoms with van der Waals surface area (Å²) in [5, 5.41) is 2.95. The minimum Gasteiger partial charge on any atom is -0.365 e. The Labute approximate surface area is 91.5 Å². The van der Waals surface area contributed by atoms with Gasteiger partial charge in [0.25, 0.3) is 0 Å². The van der Waals surface area contributed by atoms with Gasteiger partial charge in [0.2, 0.25) is 5.91 Å². The summed E-state index contributed by atoms with van der Waals surface area (Å²) in [6, 6.07) is 0.113. The monoisotopic (exact) mass is 214 g/mol. The summed E-state index contributed by atoms with van der Waals surface area (Å²) in [7, 11) is 0. The molecular weight excluding hydrogens is 192 g/mol. The third-order valence-corrected chi connectivity index (χ3v) is 3.12. The van der Waals surface area contributed by atoms with Gasteiger partial charge in [-0.3, -0.25) is 4.79 Å². The van der Waals surface area contributed by atoms with Gasteiger partial charge in [-0.1, -0.05) is 6.92 Å². The molecule has 4 atom stereocenters. The molecule has 15 heavy (non-hydrogen) atoms. The summed E-state index contributed by atoms with van der Waals surface area (Å²) in [5.41, 5.74) is 5.54. The van der Waals surface area contributed by atoms with Crippen LogP contribution in [0.3, 0.4) is 0 Å². The third kappa shape index (κ3) is 3.47. The van der Waals surface area contributed by atoms with Crippen molar-refractivity contribution in [3.63, 3.8) is 0 Å². The Bertz CT molecular complexity index is 221. The lowest BCUT2D eigenvalue weighted by Crippen LogP contribution is -2.44. The lowest BCUT2D eigenvalue weighted by atomic mass is 10.0. The van der Waals surface area contributed by atoms with Crippen LogP contribution in [0.4, 0.5) is 0 Å². The zero-order valence-corrected chi connectivity index (χ0v) is 9.82. The molecule has 1 saturated heterocycles. The first kappa shape index (κ1) is 12.5. The molecule has 0 radical (unpaired) electrons. The van der Waals surface area contributed by atoms with Crippen LogP contribution in [0.25, 0.3) is 0 Å². The number of ether oxygens (including phenoxy) is 1. The molecule has 1 heterocycles. The van der Waals surface area contributed by atoms with Crippen LogP contribution in [0.1, 0.15) is 33.6 Å². The first-order chi connectivity index (χ1) is 7.04. The van der Waals surface area contributed by atoms with E-state index in [2.05, 4.69) is 5.32 Å². The number of carbonyl (C=O) groups excluding carboxylic acids is 1. The van der Waals surface area contributed by atoms with Crippen molar-refractivity contribution in [2.45, 2.75) is 51.9 Å². The predicted octanol–water partition coefficient (Wildman–Crippen LogP) is 0.653. The van der Waals surface area contributed by atoms with E-state index in [-0.39, 0.29) is 24.2 Å². The van der Waals surface area contributed by atoms with Gasteiger partial charge in [0.15, 0.2) is 0 Å². The maximum atomic E-state index is 11.7. The number of nitrogens with one attached hydrogen (secondary N) is 1. The minimum atomic E-state index is -0.257. The SMILES string of the molecule is CC1CCC(C(=O)NC(C)C(C)CN)O1. The molecule has 1 fully saturated rings. The van der Waals surface area contributed by atoms with Crippen molar-refractivity contribution in [2.75, 3.05) is 6.54 Å². The predicted molar refractivity (Wildman–Crippen MR) is 59.4 cm³/mol. The number of amides is 1. The Morgan fingerprint density at radius 2 is 2.20 bits per heavy atom. The molecule has 4 heteroatoms. The van der Waals surface area contributed by atoms with Crippen LogP contribution in [-0.2, 0) is 9.53 Å². The average molecular weight is 214 g/mol. The summed E-state index contributed by atoms with van der Waals surface area (Å²) in [4.78, 5) is 11.7. The average Bonchev–Trinajstić information content (AvgIpc) is 2.63. The van der Waals surface area contributed by atoms with Gasteiger partial charge in [-0.25, -0.2) is 0 Å². The normalized spacial score (nSPS) is 29.9. The van der Waals surface area contributed by atoms with E-state index >= 15 is 0 Å². The fraction of sp³-hybridized carbons (Fsp3) is 0.909. The molecule has 1 aliphatic rings. The smallest absolute Gasteiger partial charge is 0.249 e. The highest BCUT2D eigenvalue weighted by Gasteiger charge is 2.29. The Kier molecular flexibility index (Phi) is 4.54. The number of hydrogen-bond donors (Lipinski definition) is 2. The van der Waals surface area contributed by atoms with Gasteiger partial charge in [0.05, 0.1) is 6.10 Å². The highest BCUT2D eigenvalue weighted by atomic mass is 16.5. The van der Waals surface area contributed by atoms with Gasteiger partial charge in [-0.05, 0) is 39.2 Å². The molecule has 3 N–H and O–H groups in total. The molecule has 1 aliphatic heterocycles. The summed E-state index contributed by atoms with van der Waals surface area (Å²) in [5.74, 6) is 0.305. The zero-order chi connectivity index (χ0) is 11.4. The maximum Gasteiger partial charge on any atom is 0.249 e. The lowest BCUT2D eigenvalue weighted by Gasteiger charge is -2.21. The maximum absolute atomic E-state index is 11.7. The quantitative estimate of drug-likeness (QED) is 0.722. The highest BCUT2D eigenvalue weighted by Crippen LogP contribution is 2.19. The van der Waals surface area contributed by atoms with Crippen LogP contribution in [0.15, 0.2) is 0 Å². The third-order valence-electron chi connectivity index (χ3n) is 3.12. The topological polar surface area (TPSA) is 64.4 Å². The van der Waals surface area contributed by atoms with Crippen molar-refractivity contribution in [3.05, 3.63) is 0 Å². The molecule has 0 aromatic heterocycles. The van der Waals surface area contributed by atoms with Crippen molar-refractivity contribution in [1.82, 2.24) is 5.32 Å². The fourth-order valence-electron chi connectivity index (χ4n) is 1.66. The van der Waals surface area contributed by atoms with Gasteiger partial charge < -0.3 is 15.8 Å². The molecule has 88 valence electrons. The number of rotatable bonds is 4. The van der Waals surface area contributed by atoms with Gasteiger partial charge in [-0.2, -0.15) is 0 Å². The molecule has 1 rings (SSSR count). The van der Waals surface area contributed by atoms with E-state index in [0.29, 0.717) is 12.5 Å². The molecule has 0 bridgehead atoms. The number of nitrogens with two attached hydrogens (primary N) is 1. The van der Waals surface area contributed by atoms with Crippen molar-refractivity contribution < 1.29 is 9.53 Å². The molecule has 1 amide bonds. The summed E-state index contributed by atoms with van der Waals surface area (Å²) in [6.07, 6.45) is 1.76. The van der Waals surface area contributed by atoms with Crippen LogP contribution in [-0.4, -0.2) is 30.7 Å². The highest BCUT2D eigenvalue weighted by molar-refractivity contribution is 5.81. The molecule has 4 unspecified atom stereocenters. The lowest BCUT2D eigenvalue weighted by molar-refractivity contribution is -0.132. The minimum absolute atomic E-state index is 0.00662. The van der Waals surface area contributed by atoms with Gasteiger partial charge in [0.1, 0.15) is 6.10 Å². The van der Waals surface area contributed by atoms with E-state index in [0.717, 1.165) is 12.8 Å². The molecular formula is C11H22N2O2. The molecule has 0 spiro atoms. The second-order valence-electron chi connectivity index (χ2n) is 4.52. The van der Waals surface area contributed by atoms with E-state index < -0.39 is 0 Å². The standard InChI is InChI=1S/C11H22N2O2/c1-7(6-12)9(3)13-11(14)10-5-4-8(2)15-10/h7-10H,4-6,12H2,1-3H3,(H,13,14). The summed E-state index contributed by atoms with van der Waals surface area (Å²) in [6.45, 7) is 6.60. The number of carbonyl (C=O) groups is 1. The van der Waals surface area contributed by atoms with E-state index in [9.17, 15) is 4.79 Å². The van der Waals surface area contributed by atoms with Crippen molar-refractivity contribution in [1.29, 1.82) is 0 Å². The van der Waals surface area contributed by atoms with Crippen LogP contribution >= 0.6 is 0 Å². The van der Waals surface area contributed by atoms with Crippen molar-refractivity contribution in [2.24, 2.45) is 11.7 Å². The Balaban J connectivity index is 2.35. The molecule has 4 nitrogen and oxygen atoms in total. The summed E-state index contributed by atoms with van der Waals surface area (Å²) >= 11 is 0. The molecule has 0 saturated carbocycles. The molecule has 0 aliphatic carbocycles. The van der Waals surface area contributed by atoms with Crippen LogP contribution in [0.2, 0.25) is 0 Å². The Morgan fingerprint density at radius 1 is 1.53 bits per heavy atom. The Morgan fingerprint density at radius 3 is 2.67 bits per heavy atom. The zero-order valence-electron chi connectivity index (χ0n) is 9.82. The van der Waals surface area contributed by atoms with Crippen molar-refractivity contribution >= 4 is 5.91 Å². The van der Waals surface area contributed by atoms with Crippen LogP contribution in [0, 0.1) is 5.92 Å². The second kappa shape index (κ2) is 5.47. The van der Waals surface area contributed by atoms with E-state index in [1.165, 1.54) is 0 Å². The number of hydrogen-bond acceptors (Lipinski definition) is 3. The van der Waals surface area contributed by atoms with E-state index in [4.69, 9.17) is 10.5 Å². The van der Waals surface area contributed by atoms with Gasteiger partial charge in [-0.15, -0.1) is 0 Å². The first-order valence-corrected chi connectivity index (χ1v) is 5.70. The molecule has 0 aromatic carbocycles. The largest absolute Gasteiger partial charge is 0.365 e. The Hall–Kier alpha value is -0.610. The van der Waals surface area contributed by atoms with Crippen LogP contribution < -0.4 is 11.1 Å². The first-order valence-electron chi connectivity index (χ1n) is 5.70. The van der Waals surface area contributed by atoms with Gasteiger partial charge >= 0.3 is 0 Å². The van der Waals surface area contributed by atoms with E-state index in [1.807, 2.05) is 20.8 Å². The molecule has 0 aromatic rings. The van der Waals surface area contributed by atoms with E-state index in [1.54, 1.807) is 0 Å². The fourth-order valence-corrected chi connectivity index (χ4v) is 1.66. The van der Waals surface area contributed by atoms with Crippen molar-refractivity contribution in [3.8, 4) is 0 Å². The second-order valence-corrected chi connectivity index (χ2v) is 4.52. The van der Waals surface area contributed by atoms with Crippen LogP contribution in [0.5, 0.6) is 0 Å².